The normalized spacial score (nSPS) is 15.9. The number of piperidine rings is 1. The summed E-state index contributed by atoms with van der Waals surface area (Å²) < 4.78 is 2.21. The third-order valence-corrected chi connectivity index (χ3v) is 7.67. The molecule has 0 amide bonds. The zero-order chi connectivity index (χ0) is 26.0. The molecule has 194 valence electrons. The van der Waals surface area contributed by atoms with E-state index >= 15 is 0 Å². The molecule has 1 aliphatic rings. The summed E-state index contributed by atoms with van der Waals surface area (Å²) in [5.74, 6) is 1.08. The molecule has 4 aromatic rings. The van der Waals surface area contributed by atoms with Gasteiger partial charge in [-0.25, -0.2) is 4.98 Å². The zero-order valence-electron chi connectivity index (χ0n) is 22.0. The number of likely N-dealkylation sites (tertiary alicyclic amines) is 1. The summed E-state index contributed by atoms with van der Waals surface area (Å²) in [5.41, 5.74) is 5.91. The van der Waals surface area contributed by atoms with Crippen LogP contribution in [0.4, 0.5) is 0 Å². The molecule has 0 radical (unpaired) electrons. The molecule has 1 aliphatic heterocycles. The average Bonchev–Trinajstić information content (AvgIpc) is 3.42. The van der Waals surface area contributed by atoms with Gasteiger partial charge in [0.05, 0.1) is 18.0 Å². The van der Waals surface area contributed by atoms with Gasteiger partial charge in [-0.2, -0.15) is 5.26 Å². The van der Waals surface area contributed by atoms with Gasteiger partial charge in [-0.1, -0.05) is 72.8 Å². The van der Waals surface area contributed by atoms with Crippen LogP contribution in [-0.2, 0) is 13.0 Å². The number of rotatable bonds is 11. The second-order valence-electron chi connectivity index (χ2n) is 10.4. The molecule has 38 heavy (non-hydrogen) atoms. The average molecular weight is 504 g/mol. The van der Waals surface area contributed by atoms with E-state index in [4.69, 9.17) is 5.26 Å². The Hall–Kier alpha value is -3.72. The maximum atomic E-state index is 9.02. The summed E-state index contributed by atoms with van der Waals surface area (Å²) in [6, 6.07) is 31.9. The molecular weight excluding hydrogens is 466 g/mol. The van der Waals surface area contributed by atoms with Gasteiger partial charge in [-0.3, -0.25) is 0 Å². The fourth-order valence-electron chi connectivity index (χ4n) is 5.62. The van der Waals surface area contributed by atoms with Gasteiger partial charge in [0.15, 0.2) is 0 Å². The highest BCUT2D eigenvalue weighted by Gasteiger charge is 2.24. The molecule has 5 rings (SSSR count). The minimum atomic E-state index is 0.403. The third-order valence-electron chi connectivity index (χ3n) is 7.67. The van der Waals surface area contributed by atoms with Crippen LogP contribution in [0.15, 0.2) is 97.5 Å². The van der Waals surface area contributed by atoms with Crippen molar-refractivity contribution in [2.75, 3.05) is 32.7 Å². The Morgan fingerprint density at radius 2 is 1.66 bits per heavy atom. The first-order valence-corrected chi connectivity index (χ1v) is 13.8. The van der Waals surface area contributed by atoms with Gasteiger partial charge in [0.1, 0.15) is 0 Å². The van der Waals surface area contributed by atoms with Gasteiger partial charge in [0, 0.05) is 50.4 Å². The van der Waals surface area contributed by atoms with Gasteiger partial charge in [0.25, 0.3) is 0 Å². The van der Waals surface area contributed by atoms with E-state index in [2.05, 4.69) is 86.5 Å². The van der Waals surface area contributed by atoms with Crippen LogP contribution in [0.1, 0.15) is 46.7 Å². The Kier molecular flexibility index (Phi) is 8.99. The molecular formula is C33H37N5. The van der Waals surface area contributed by atoms with E-state index in [1.165, 1.54) is 41.8 Å². The summed E-state index contributed by atoms with van der Waals surface area (Å²) in [6.07, 6.45) is 7.39. The monoisotopic (exact) mass is 503 g/mol. The summed E-state index contributed by atoms with van der Waals surface area (Å²) >= 11 is 0. The standard InChI is InChI=1S/C33H37N5/c34-20-27-13-15-28(16-14-27)24-38-26-36-22-32(38)17-18-35-21-29-8-7-19-37(23-29)25-33(30-9-3-1-4-10-30)31-11-5-2-6-12-31/h1-6,9-16,22,26,29,33,35H,7-8,17-19,21,23-25H2/t29-/m0/s1. The minimum absolute atomic E-state index is 0.403. The number of hydrogen-bond acceptors (Lipinski definition) is 4. The van der Waals surface area contributed by atoms with E-state index in [0.29, 0.717) is 17.4 Å². The Bertz CT molecular complexity index is 1250. The molecule has 0 unspecified atom stereocenters. The number of nitriles is 1. The lowest BCUT2D eigenvalue weighted by Gasteiger charge is -2.35. The van der Waals surface area contributed by atoms with Crippen molar-refractivity contribution >= 4 is 0 Å². The van der Waals surface area contributed by atoms with Crippen molar-refractivity contribution in [2.24, 2.45) is 5.92 Å². The van der Waals surface area contributed by atoms with Crippen LogP contribution in [0.3, 0.4) is 0 Å². The lowest BCUT2D eigenvalue weighted by molar-refractivity contribution is 0.168. The van der Waals surface area contributed by atoms with E-state index in [9.17, 15) is 0 Å². The molecule has 1 N–H and O–H groups in total. The molecule has 5 nitrogen and oxygen atoms in total. The molecule has 0 aliphatic carbocycles. The van der Waals surface area contributed by atoms with Gasteiger partial charge < -0.3 is 14.8 Å². The predicted molar refractivity (Wildman–Crippen MR) is 153 cm³/mol. The fraction of sp³-hybridized carbons (Fsp3) is 0.333. The molecule has 3 aromatic carbocycles. The number of hydrogen-bond donors (Lipinski definition) is 1. The van der Waals surface area contributed by atoms with E-state index in [1.807, 2.05) is 36.8 Å². The Balaban J connectivity index is 1.11. The van der Waals surface area contributed by atoms with E-state index in [-0.39, 0.29) is 0 Å². The largest absolute Gasteiger partial charge is 0.330 e. The Labute approximate surface area is 226 Å². The summed E-state index contributed by atoms with van der Waals surface area (Å²) in [7, 11) is 0. The first kappa shape index (κ1) is 25.9. The van der Waals surface area contributed by atoms with Crippen LogP contribution in [0, 0.1) is 17.2 Å². The molecule has 0 spiro atoms. The molecule has 1 atom stereocenters. The zero-order valence-corrected chi connectivity index (χ0v) is 22.0. The summed E-state index contributed by atoms with van der Waals surface area (Å²) in [5, 5.41) is 12.7. The SMILES string of the molecule is N#Cc1ccc(Cn2cncc2CCNC[C@@H]2CCCN(CC(c3ccccc3)c3ccccc3)C2)cc1. The molecule has 5 heteroatoms. The summed E-state index contributed by atoms with van der Waals surface area (Å²) in [4.78, 5) is 7.06. The Morgan fingerprint density at radius 1 is 0.947 bits per heavy atom. The van der Waals surface area contributed by atoms with Crippen molar-refractivity contribution in [3.8, 4) is 6.07 Å². The lowest BCUT2D eigenvalue weighted by Crippen LogP contribution is -2.41. The molecule has 0 saturated carbocycles. The molecule has 1 aromatic heterocycles. The topological polar surface area (TPSA) is 56.9 Å². The predicted octanol–water partition coefficient (Wildman–Crippen LogP) is 5.48. The van der Waals surface area contributed by atoms with Crippen molar-refractivity contribution < 1.29 is 0 Å². The molecule has 0 bridgehead atoms. The van der Waals surface area contributed by atoms with Crippen molar-refractivity contribution in [3.63, 3.8) is 0 Å². The first-order chi connectivity index (χ1) is 18.8. The van der Waals surface area contributed by atoms with Crippen LogP contribution in [0.2, 0.25) is 0 Å². The Morgan fingerprint density at radius 3 is 2.34 bits per heavy atom. The highest BCUT2D eigenvalue weighted by Crippen LogP contribution is 2.27. The number of aromatic nitrogens is 2. The second kappa shape index (κ2) is 13.2. The maximum Gasteiger partial charge on any atom is 0.0991 e. The van der Waals surface area contributed by atoms with Crippen molar-refractivity contribution in [3.05, 3.63) is 125 Å². The van der Waals surface area contributed by atoms with Gasteiger partial charge in [-0.05, 0) is 60.7 Å². The van der Waals surface area contributed by atoms with Gasteiger partial charge >= 0.3 is 0 Å². The minimum Gasteiger partial charge on any atom is -0.330 e. The van der Waals surface area contributed by atoms with Crippen LogP contribution >= 0.6 is 0 Å². The highest BCUT2D eigenvalue weighted by molar-refractivity contribution is 5.33. The van der Waals surface area contributed by atoms with Crippen molar-refractivity contribution in [1.29, 1.82) is 5.26 Å². The van der Waals surface area contributed by atoms with Crippen LogP contribution in [-0.4, -0.2) is 47.2 Å². The lowest BCUT2D eigenvalue weighted by atomic mass is 9.89. The molecule has 2 heterocycles. The van der Waals surface area contributed by atoms with E-state index < -0.39 is 0 Å². The third kappa shape index (κ3) is 6.98. The quantitative estimate of drug-likeness (QED) is 0.276. The molecule has 1 fully saturated rings. The number of nitrogens with zero attached hydrogens (tertiary/aromatic N) is 4. The van der Waals surface area contributed by atoms with Crippen LogP contribution < -0.4 is 5.32 Å². The maximum absolute atomic E-state index is 9.02. The number of nitrogens with one attached hydrogen (secondary N) is 1. The van der Waals surface area contributed by atoms with E-state index in [1.54, 1.807) is 0 Å². The van der Waals surface area contributed by atoms with Crippen LogP contribution in [0.25, 0.3) is 0 Å². The van der Waals surface area contributed by atoms with Crippen LogP contribution in [0.5, 0.6) is 0 Å². The smallest absolute Gasteiger partial charge is 0.0991 e. The fourth-order valence-corrected chi connectivity index (χ4v) is 5.62. The van der Waals surface area contributed by atoms with Gasteiger partial charge in [0.2, 0.25) is 0 Å². The summed E-state index contributed by atoms with van der Waals surface area (Å²) in [6.45, 7) is 6.19. The molecule has 1 saturated heterocycles. The van der Waals surface area contributed by atoms with Crippen molar-refractivity contribution in [2.45, 2.75) is 31.7 Å². The number of imidazole rings is 1. The van der Waals surface area contributed by atoms with Crippen molar-refractivity contribution in [1.82, 2.24) is 19.8 Å². The van der Waals surface area contributed by atoms with E-state index in [0.717, 1.165) is 39.1 Å². The number of benzene rings is 3. The second-order valence-corrected chi connectivity index (χ2v) is 10.4. The first-order valence-electron chi connectivity index (χ1n) is 13.8. The highest BCUT2D eigenvalue weighted by atomic mass is 15.1. The van der Waals surface area contributed by atoms with Gasteiger partial charge in [-0.15, -0.1) is 0 Å².